The number of amides is 2. The largest absolute Gasteiger partial charge is 0.345 e. The third-order valence-electron chi connectivity index (χ3n) is 5.56. The van der Waals surface area contributed by atoms with Crippen molar-refractivity contribution in [3.63, 3.8) is 0 Å². The Balaban J connectivity index is 1.50. The van der Waals surface area contributed by atoms with Crippen molar-refractivity contribution < 1.29 is 9.59 Å². The van der Waals surface area contributed by atoms with E-state index in [4.69, 9.17) is 0 Å². The Morgan fingerprint density at radius 3 is 2.44 bits per heavy atom. The van der Waals surface area contributed by atoms with Crippen LogP contribution in [-0.4, -0.2) is 55.3 Å². The highest BCUT2D eigenvalue weighted by molar-refractivity contribution is 5.96. The Morgan fingerprint density at radius 2 is 1.76 bits per heavy atom. The second-order valence-corrected chi connectivity index (χ2v) is 7.65. The van der Waals surface area contributed by atoms with Crippen LogP contribution in [0, 0.1) is 11.8 Å². The smallest absolute Gasteiger partial charge is 0.253 e. The van der Waals surface area contributed by atoms with E-state index in [1.807, 2.05) is 0 Å². The number of fused-ring (bicyclic) bond motifs is 1. The van der Waals surface area contributed by atoms with Crippen LogP contribution < -0.4 is 5.32 Å². The van der Waals surface area contributed by atoms with Crippen molar-refractivity contribution in [3.05, 3.63) is 29.8 Å². The molecular weight excluding hydrogens is 314 g/mol. The Morgan fingerprint density at radius 1 is 1.08 bits per heavy atom. The SMILES string of the molecule is CN(C)C(=O)c1ccc(NC(=O)CN2CCC3CCCCC3C2)cc1. The summed E-state index contributed by atoms with van der Waals surface area (Å²) in [5, 5.41) is 2.95. The summed E-state index contributed by atoms with van der Waals surface area (Å²) in [6.07, 6.45) is 6.67. The molecule has 3 rings (SSSR count). The molecule has 1 aromatic rings. The molecule has 2 aliphatic rings. The monoisotopic (exact) mass is 343 g/mol. The third-order valence-corrected chi connectivity index (χ3v) is 5.56. The van der Waals surface area contributed by atoms with Gasteiger partial charge in [0.2, 0.25) is 5.91 Å². The highest BCUT2D eigenvalue weighted by atomic mass is 16.2. The number of rotatable bonds is 4. The Bertz CT molecular complexity index is 612. The van der Waals surface area contributed by atoms with Gasteiger partial charge in [-0.05, 0) is 55.5 Å². The molecule has 5 nitrogen and oxygen atoms in total. The molecule has 5 heteroatoms. The number of piperidine rings is 1. The second-order valence-electron chi connectivity index (χ2n) is 7.65. The number of carbonyl (C=O) groups excluding carboxylic acids is 2. The van der Waals surface area contributed by atoms with Gasteiger partial charge in [0.15, 0.2) is 0 Å². The molecule has 1 heterocycles. The summed E-state index contributed by atoms with van der Waals surface area (Å²) in [5.41, 5.74) is 1.37. The van der Waals surface area contributed by atoms with Crippen molar-refractivity contribution in [1.82, 2.24) is 9.80 Å². The number of anilines is 1. The summed E-state index contributed by atoms with van der Waals surface area (Å²) in [6.45, 7) is 2.56. The van der Waals surface area contributed by atoms with E-state index in [9.17, 15) is 9.59 Å². The number of hydrogen-bond donors (Lipinski definition) is 1. The van der Waals surface area contributed by atoms with E-state index >= 15 is 0 Å². The normalized spacial score (nSPS) is 23.6. The molecular formula is C20H29N3O2. The van der Waals surface area contributed by atoms with Gasteiger partial charge in [0.1, 0.15) is 0 Å². The van der Waals surface area contributed by atoms with E-state index in [0.717, 1.165) is 30.6 Å². The van der Waals surface area contributed by atoms with Crippen molar-refractivity contribution in [2.24, 2.45) is 11.8 Å². The van der Waals surface area contributed by atoms with Gasteiger partial charge in [0.25, 0.3) is 5.91 Å². The Labute approximate surface area is 150 Å². The molecule has 0 aromatic heterocycles. The van der Waals surface area contributed by atoms with Crippen LogP contribution >= 0.6 is 0 Å². The average molecular weight is 343 g/mol. The molecule has 2 unspecified atom stereocenters. The van der Waals surface area contributed by atoms with E-state index in [-0.39, 0.29) is 11.8 Å². The molecule has 0 spiro atoms. The fraction of sp³-hybridized carbons (Fsp3) is 0.600. The maximum absolute atomic E-state index is 12.3. The maximum Gasteiger partial charge on any atom is 0.253 e. The van der Waals surface area contributed by atoms with E-state index < -0.39 is 0 Å². The summed E-state index contributed by atoms with van der Waals surface area (Å²) < 4.78 is 0. The summed E-state index contributed by atoms with van der Waals surface area (Å²) in [4.78, 5) is 28.1. The van der Waals surface area contributed by atoms with Gasteiger partial charge in [-0.2, -0.15) is 0 Å². The van der Waals surface area contributed by atoms with Gasteiger partial charge in [0, 0.05) is 31.9 Å². The van der Waals surface area contributed by atoms with Crippen molar-refractivity contribution in [1.29, 1.82) is 0 Å². The molecule has 2 atom stereocenters. The van der Waals surface area contributed by atoms with Crippen LogP contribution in [0.5, 0.6) is 0 Å². The molecule has 136 valence electrons. The summed E-state index contributed by atoms with van der Waals surface area (Å²) in [5.74, 6) is 1.66. The molecule has 25 heavy (non-hydrogen) atoms. The van der Waals surface area contributed by atoms with Gasteiger partial charge >= 0.3 is 0 Å². The van der Waals surface area contributed by atoms with Crippen molar-refractivity contribution >= 4 is 17.5 Å². The predicted molar refractivity (Wildman–Crippen MR) is 99.6 cm³/mol. The van der Waals surface area contributed by atoms with E-state index in [0.29, 0.717) is 12.1 Å². The second kappa shape index (κ2) is 8.00. The van der Waals surface area contributed by atoms with Crippen LogP contribution in [0.1, 0.15) is 42.5 Å². The Hall–Kier alpha value is -1.88. The topological polar surface area (TPSA) is 52.7 Å². The lowest BCUT2D eigenvalue weighted by Crippen LogP contribution is -2.44. The van der Waals surface area contributed by atoms with Crippen molar-refractivity contribution in [3.8, 4) is 0 Å². The first kappa shape index (κ1) is 17.9. The number of likely N-dealkylation sites (tertiary alicyclic amines) is 1. The van der Waals surface area contributed by atoms with Crippen LogP contribution in [-0.2, 0) is 4.79 Å². The maximum atomic E-state index is 12.3. The molecule has 1 aliphatic heterocycles. The fourth-order valence-electron chi connectivity index (χ4n) is 4.18. The van der Waals surface area contributed by atoms with Crippen molar-refractivity contribution in [2.75, 3.05) is 39.0 Å². The van der Waals surface area contributed by atoms with E-state index in [1.54, 1.807) is 43.3 Å². The highest BCUT2D eigenvalue weighted by Crippen LogP contribution is 2.35. The first-order valence-electron chi connectivity index (χ1n) is 9.37. The van der Waals surface area contributed by atoms with Gasteiger partial charge in [-0.1, -0.05) is 19.3 Å². The summed E-state index contributed by atoms with van der Waals surface area (Å²) in [7, 11) is 3.46. The lowest BCUT2D eigenvalue weighted by Gasteiger charge is -2.41. The number of carbonyl (C=O) groups is 2. The fourth-order valence-corrected chi connectivity index (χ4v) is 4.18. The molecule has 1 saturated heterocycles. The minimum absolute atomic E-state index is 0.0287. The number of nitrogens with zero attached hydrogens (tertiary/aromatic N) is 2. The molecule has 1 aliphatic carbocycles. The number of hydrogen-bond acceptors (Lipinski definition) is 3. The van der Waals surface area contributed by atoms with E-state index in [2.05, 4.69) is 10.2 Å². The highest BCUT2D eigenvalue weighted by Gasteiger charge is 2.31. The minimum atomic E-state index is -0.0340. The van der Waals surface area contributed by atoms with Crippen LogP contribution in [0.2, 0.25) is 0 Å². The Kier molecular flexibility index (Phi) is 5.74. The van der Waals surface area contributed by atoms with Crippen molar-refractivity contribution in [2.45, 2.75) is 32.1 Å². The van der Waals surface area contributed by atoms with Gasteiger partial charge in [-0.3, -0.25) is 14.5 Å². The molecule has 1 N–H and O–H groups in total. The predicted octanol–water partition coefficient (Wildman–Crippen LogP) is 2.84. The molecule has 2 amide bonds. The summed E-state index contributed by atoms with van der Waals surface area (Å²) in [6, 6.07) is 7.10. The van der Waals surface area contributed by atoms with Gasteiger partial charge in [-0.25, -0.2) is 0 Å². The lowest BCUT2D eigenvalue weighted by atomic mass is 9.75. The van der Waals surface area contributed by atoms with Gasteiger partial charge < -0.3 is 10.2 Å². The number of benzene rings is 1. The minimum Gasteiger partial charge on any atom is -0.345 e. The zero-order chi connectivity index (χ0) is 17.8. The lowest BCUT2D eigenvalue weighted by molar-refractivity contribution is -0.118. The van der Waals surface area contributed by atoms with Crippen LogP contribution in [0.4, 0.5) is 5.69 Å². The first-order chi connectivity index (χ1) is 12.0. The molecule has 2 fully saturated rings. The molecule has 1 aromatic carbocycles. The quantitative estimate of drug-likeness (QED) is 0.915. The zero-order valence-corrected chi connectivity index (χ0v) is 15.3. The van der Waals surface area contributed by atoms with Crippen LogP contribution in [0.25, 0.3) is 0 Å². The van der Waals surface area contributed by atoms with Gasteiger partial charge in [0.05, 0.1) is 6.54 Å². The molecule has 0 bridgehead atoms. The standard InChI is InChI=1S/C20H29N3O2/c1-22(2)20(25)16-7-9-18(10-8-16)21-19(24)14-23-12-11-15-5-3-4-6-17(15)13-23/h7-10,15,17H,3-6,11-14H2,1-2H3,(H,21,24). The van der Waals surface area contributed by atoms with E-state index in [1.165, 1.54) is 32.1 Å². The van der Waals surface area contributed by atoms with Gasteiger partial charge in [-0.15, -0.1) is 0 Å². The average Bonchev–Trinajstić information content (AvgIpc) is 2.61. The van der Waals surface area contributed by atoms with Crippen LogP contribution in [0.15, 0.2) is 24.3 Å². The van der Waals surface area contributed by atoms with Crippen LogP contribution in [0.3, 0.4) is 0 Å². The first-order valence-corrected chi connectivity index (χ1v) is 9.37. The molecule has 1 saturated carbocycles. The third kappa shape index (κ3) is 4.60. The summed E-state index contributed by atoms with van der Waals surface area (Å²) >= 11 is 0. The zero-order valence-electron chi connectivity index (χ0n) is 15.3. The molecule has 0 radical (unpaired) electrons. The number of nitrogens with one attached hydrogen (secondary N) is 1.